The molecule has 0 amide bonds. The van der Waals surface area contributed by atoms with Crippen LogP contribution in [0.4, 0.5) is 5.69 Å². The second-order valence-electron chi connectivity index (χ2n) is 6.68. The lowest BCUT2D eigenvalue weighted by atomic mass is 10.2. The van der Waals surface area contributed by atoms with Gasteiger partial charge in [-0.3, -0.25) is 4.68 Å². The van der Waals surface area contributed by atoms with Crippen molar-refractivity contribution in [3.8, 4) is 11.6 Å². The van der Waals surface area contributed by atoms with Crippen LogP contribution in [0.25, 0.3) is 22.5 Å². The van der Waals surface area contributed by atoms with Crippen LogP contribution in [-0.4, -0.2) is 24.5 Å². The number of hydrogen-bond acceptors (Lipinski definition) is 5. The lowest BCUT2D eigenvalue weighted by molar-refractivity contribution is 0.417. The Morgan fingerprint density at radius 3 is 2.78 bits per heavy atom. The van der Waals surface area contributed by atoms with Crippen molar-refractivity contribution in [2.75, 3.05) is 5.73 Å². The Bertz CT molecular complexity index is 1120. The second-order valence-corrected chi connectivity index (χ2v) is 7.06. The minimum absolute atomic E-state index is 0.462. The summed E-state index contributed by atoms with van der Waals surface area (Å²) in [5.41, 5.74) is 10.4. The minimum Gasteiger partial charge on any atom is -0.398 e. The predicted molar refractivity (Wildman–Crippen MR) is 106 cm³/mol. The van der Waals surface area contributed by atoms with Gasteiger partial charge in [0.1, 0.15) is 5.69 Å². The van der Waals surface area contributed by atoms with E-state index >= 15 is 0 Å². The smallest absolute Gasteiger partial charge is 0.276 e. The molecule has 0 saturated heterocycles. The molecule has 27 heavy (non-hydrogen) atoms. The van der Waals surface area contributed by atoms with Gasteiger partial charge in [0.2, 0.25) is 0 Å². The molecule has 3 aromatic heterocycles. The van der Waals surface area contributed by atoms with Crippen molar-refractivity contribution in [2.24, 2.45) is 7.05 Å². The number of nitrogens with zero attached hydrogens (tertiary/aromatic N) is 5. The van der Waals surface area contributed by atoms with Crippen LogP contribution in [-0.2, 0) is 20.0 Å². The van der Waals surface area contributed by atoms with Gasteiger partial charge in [-0.15, -0.1) is 0 Å². The normalized spacial score (nSPS) is 11.6. The molecule has 0 bridgehead atoms. The SMILES string of the molecule is CCCc1cc2c(Cl)c(N)ccc2n1Cc1noc(-c2cc(C)nn2C)n1. The number of halogens is 1. The molecule has 4 aromatic rings. The molecule has 4 rings (SSSR count). The second kappa shape index (κ2) is 6.74. The van der Waals surface area contributed by atoms with Crippen LogP contribution in [0.2, 0.25) is 5.02 Å². The van der Waals surface area contributed by atoms with E-state index in [0.29, 0.717) is 29.0 Å². The van der Waals surface area contributed by atoms with E-state index in [0.717, 1.165) is 35.1 Å². The van der Waals surface area contributed by atoms with Crippen molar-refractivity contribution in [3.63, 3.8) is 0 Å². The fraction of sp³-hybridized carbons (Fsp3) is 0.316. The van der Waals surface area contributed by atoms with Crippen molar-refractivity contribution < 1.29 is 4.52 Å². The van der Waals surface area contributed by atoms with Crippen molar-refractivity contribution in [2.45, 2.75) is 33.2 Å². The largest absolute Gasteiger partial charge is 0.398 e. The molecule has 0 aliphatic carbocycles. The third-order valence-electron chi connectivity index (χ3n) is 4.63. The summed E-state index contributed by atoms with van der Waals surface area (Å²) < 4.78 is 9.38. The van der Waals surface area contributed by atoms with E-state index in [9.17, 15) is 0 Å². The Kier molecular flexibility index (Phi) is 4.39. The Morgan fingerprint density at radius 2 is 2.07 bits per heavy atom. The van der Waals surface area contributed by atoms with Gasteiger partial charge in [-0.2, -0.15) is 10.1 Å². The number of aryl methyl sites for hydroxylation is 3. The first-order valence-electron chi connectivity index (χ1n) is 8.87. The zero-order chi connectivity index (χ0) is 19.1. The molecule has 0 aliphatic rings. The fourth-order valence-electron chi connectivity index (χ4n) is 3.40. The highest BCUT2D eigenvalue weighted by molar-refractivity contribution is 6.38. The minimum atomic E-state index is 0.462. The van der Waals surface area contributed by atoms with Gasteiger partial charge in [0, 0.05) is 18.1 Å². The summed E-state index contributed by atoms with van der Waals surface area (Å²) in [6.07, 6.45) is 1.95. The van der Waals surface area contributed by atoms with Crippen LogP contribution in [0.3, 0.4) is 0 Å². The molecular weight excluding hydrogens is 364 g/mol. The van der Waals surface area contributed by atoms with Crippen molar-refractivity contribution in [1.29, 1.82) is 0 Å². The fourth-order valence-corrected chi connectivity index (χ4v) is 3.61. The van der Waals surface area contributed by atoms with Crippen LogP contribution in [0.15, 0.2) is 28.8 Å². The first kappa shape index (κ1) is 17.6. The number of rotatable bonds is 5. The number of fused-ring (bicyclic) bond motifs is 1. The average Bonchev–Trinajstić information content (AvgIpc) is 3.31. The van der Waals surface area contributed by atoms with Crippen molar-refractivity contribution in [1.82, 2.24) is 24.5 Å². The Morgan fingerprint density at radius 1 is 1.26 bits per heavy atom. The first-order valence-corrected chi connectivity index (χ1v) is 9.25. The Labute approximate surface area is 161 Å². The topological polar surface area (TPSA) is 87.7 Å². The van der Waals surface area contributed by atoms with E-state index in [4.69, 9.17) is 21.9 Å². The van der Waals surface area contributed by atoms with E-state index in [1.807, 2.05) is 32.2 Å². The molecule has 0 atom stereocenters. The van der Waals surface area contributed by atoms with Crippen LogP contribution in [0.5, 0.6) is 0 Å². The standard InChI is InChI=1S/C19H21ClN6O/c1-4-5-12-9-13-15(7-6-14(21)18(13)20)26(12)10-17-22-19(27-24-17)16-8-11(2)23-25(16)3/h6-9H,4-5,10,21H2,1-3H3. The maximum Gasteiger partial charge on any atom is 0.276 e. The molecule has 140 valence electrons. The summed E-state index contributed by atoms with van der Waals surface area (Å²) in [7, 11) is 1.86. The third-order valence-corrected chi connectivity index (χ3v) is 5.05. The lowest BCUT2D eigenvalue weighted by Gasteiger charge is -2.08. The molecule has 0 aliphatic heterocycles. The molecule has 0 fully saturated rings. The molecule has 1 aromatic carbocycles. The molecule has 0 saturated carbocycles. The number of benzene rings is 1. The number of hydrogen-bond donors (Lipinski definition) is 1. The van der Waals surface area contributed by atoms with Gasteiger partial charge in [0.05, 0.1) is 28.5 Å². The van der Waals surface area contributed by atoms with Crippen molar-refractivity contribution >= 4 is 28.2 Å². The molecule has 7 nitrogen and oxygen atoms in total. The Hall–Kier alpha value is -2.80. The molecule has 3 heterocycles. The van der Waals surface area contributed by atoms with Crippen LogP contribution in [0, 0.1) is 6.92 Å². The van der Waals surface area contributed by atoms with E-state index in [1.54, 1.807) is 4.68 Å². The maximum absolute atomic E-state index is 6.42. The highest BCUT2D eigenvalue weighted by Crippen LogP contribution is 2.32. The number of nitrogen functional groups attached to an aromatic ring is 1. The van der Waals surface area contributed by atoms with Gasteiger partial charge < -0.3 is 14.8 Å². The predicted octanol–water partition coefficient (Wildman–Crippen LogP) is 3.97. The zero-order valence-electron chi connectivity index (χ0n) is 15.5. The van der Waals surface area contributed by atoms with Gasteiger partial charge in [-0.25, -0.2) is 0 Å². The van der Waals surface area contributed by atoms with Gasteiger partial charge >= 0.3 is 0 Å². The van der Waals surface area contributed by atoms with E-state index in [2.05, 4.69) is 32.8 Å². The molecule has 0 spiro atoms. The van der Waals surface area contributed by atoms with E-state index in [-0.39, 0.29) is 0 Å². The summed E-state index contributed by atoms with van der Waals surface area (Å²) in [6, 6.07) is 7.84. The molecule has 8 heteroatoms. The monoisotopic (exact) mass is 384 g/mol. The zero-order valence-corrected chi connectivity index (χ0v) is 16.3. The van der Waals surface area contributed by atoms with Crippen molar-refractivity contribution in [3.05, 3.63) is 46.5 Å². The van der Waals surface area contributed by atoms with Gasteiger partial charge in [-0.1, -0.05) is 30.1 Å². The Balaban J connectivity index is 1.74. The highest BCUT2D eigenvalue weighted by Gasteiger charge is 2.17. The summed E-state index contributed by atoms with van der Waals surface area (Å²) >= 11 is 6.42. The first-order chi connectivity index (χ1) is 13.0. The number of anilines is 1. The molecule has 0 radical (unpaired) electrons. The maximum atomic E-state index is 6.42. The van der Waals surface area contributed by atoms with E-state index in [1.165, 1.54) is 5.69 Å². The highest BCUT2D eigenvalue weighted by atomic mass is 35.5. The summed E-state index contributed by atoms with van der Waals surface area (Å²) in [5, 5.41) is 10.0. The van der Waals surface area contributed by atoms with Crippen LogP contribution in [0.1, 0.15) is 30.6 Å². The summed E-state index contributed by atoms with van der Waals surface area (Å²) in [6.45, 7) is 4.58. The summed E-state index contributed by atoms with van der Waals surface area (Å²) in [4.78, 5) is 4.56. The van der Waals surface area contributed by atoms with Gasteiger partial charge in [-0.05, 0) is 37.6 Å². The molecule has 0 unspecified atom stereocenters. The summed E-state index contributed by atoms with van der Waals surface area (Å²) in [5.74, 6) is 1.07. The lowest BCUT2D eigenvalue weighted by Crippen LogP contribution is -2.06. The average molecular weight is 385 g/mol. The number of nitrogens with two attached hydrogens (primary N) is 1. The number of aromatic nitrogens is 5. The van der Waals surface area contributed by atoms with Gasteiger partial charge in [0.25, 0.3) is 5.89 Å². The van der Waals surface area contributed by atoms with Crippen LogP contribution >= 0.6 is 11.6 Å². The quantitative estimate of drug-likeness (QED) is 0.526. The third kappa shape index (κ3) is 3.08. The van der Waals surface area contributed by atoms with E-state index < -0.39 is 0 Å². The molecular formula is C19H21ClN6O. The van der Waals surface area contributed by atoms with Crippen LogP contribution < -0.4 is 5.73 Å². The molecule has 2 N–H and O–H groups in total. The van der Waals surface area contributed by atoms with Gasteiger partial charge in [0.15, 0.2) is 5.82 Å².